The first-order valence-electron chi connectivity index (χ1n) is 6.47. The minimum absolute atomic E-state index is 0.713. The third kappa shape index (κ3) is 2.07. The molecule has 1 heterocycles. The summed E-state index contributed by atoms with van der Waals surface area (Å²) >= 11 is 0. The first kappa shape index (κ1) is 10.8. The Bertz CT molecular complexity index is 516. The van der Waals surface area contributed by atoms with E-state index < -0.39 is 0 Å². The molecule has 1 atom stereocenters. The molecule has 1 aromatic heterocycles. The average Bonchev–Trinajstić information content (AvgIpc) is 2.40. The maximum atomic E-state index is 2.30. The van der Waals surface area contributed by atoms with Crippen LogP contribution in [0.5, 0.6) is 0 Å². The fourth-order valence-corrected chi connectivity index (χ4v) is 2.98. The molecule has 0 saturated carbocycles. The second-order valence-electron chi connectivity index (χ2n) is 5.06. The Balaban J connectivity index is 1.93. The van der Waals surface area contributed by atoms with Crippen molar-refractivity contribution in [3.63, 3.8) is 0 Å². The molecule has 0 aliphatic heterocycles. The van der Waals surface area contributed by atoms with Crippen molar-refractivity contribution in [2.45, 2.75) is 32.1 Å². The predicted octanol–water partition coefficient (Wildman–Crippen LogP) is 3.61. The molecule has 0 nitrogen and oxygen atoms in total. The van der Waals surface area contributed by atoms with E-state index in [0.29, 0.717) is 5.92 Å². The first-order valence-corrected chi connectivity index (χ1v) is 6.47. The van der Waals surface area contributed by atoms with Crippen molar-refractivity contribution in [3.8, 4) is 0 Å². The Morgan fingerprint density at radius 1 is 1.12 bits per heavy atom. The normalized spacial score (nSPS) is 18.5. The average molecular weight is 220 g/mol. The van der Waals surface area contributed by atoms with E-state index in [1.807, 2.05) is 0 Å². The van der Waals surface area contributed by atoms with Crippen molar-refractivity contribution in [1.82, 2.24) is 0 Å². The van der Waals surface area contributed by atoms with Crippen LogP contribution >= 0.6 is 0 Å². The SMILES string of the molecule is Cc1cbcc2c1CC(c1ccccc1)CC2. The summed E-state index contributed by atoms with van der Waals surface area (Å²) in [6.07, 6.45) is 3.74. The van der Waals surface area contributed by atoms with Crippen molar-refractivity contribution in [3.05, 3.63) is 64.5 Å². The fourth-order valence-electron chi connectivity index (χ4n) is 2.98. The van der Waals surface area contributed by atoms with Gasteiger partial charge in [0.1, 0.15) is 0 Å². The van der Waals surface area contributed by atoms with Gasteiger partial charge in [-0.05, 0) is 0 Å². The number of rotatable bonds is 1. The molecule has 1 aliphatic carbocycles. The summed E-state index contributed by atoms with van der Waals surface area (Å²) in [5.74, 6) is 5.25. The summed E-state index contributed by atoms with van der Waals surface area (Å²) in [4.78, 5) is 0. The van der Waals surface area contributed by atoms with Gasteiger partial charge >= 0.3 is 104 Å². The zero-order chi connectivity index (χ0) is 11.7. The predicted molar refractivity (Wildman–Crippen MR) is 73.7 cm³/mol. The molecule has 0 spiro atoms. The molecule has 3 rings (SSSR count). The summed E-state index contributed by atoms with van der Waals surface area (Å²) in [6.45, 7) is 4.43. The first-order chi connectivity index (χ1) is 8.34. The molecule has 0 N–H and O–H groups in total. The summed E-state index contributed by atoms with van der Waals surface area (Å²) in [5.41, 5.74) is 6.12. The zero-order valence-electron chi connectivity index (χ0n) is 10.3. The number of aryl methyl sites for hydroxylation is 2. The van der Waals surface area contributed by atoms with Gasteiger partial charge in [-0.15, -0.1) is 0 Å². The van der Waals surface area contributed by atoms with Crippen LogP contribution in [0.25, 0.3) is 0 Å². The quantitative estimate of drug-likeness (QED) is 0.688. The summed E-state index contributed by atoms with van der Waals surface area (Å²) in [7, 11) is 0. The molecule has 84 valence electrons. The number of hydrogen-bond donors (Lipinski definition) is 0. The van der Waals surface area contributed by atoms with Crippen LogP contribution in [0.4, 0.5) is 0 Å². The molecule has 0 radical (unpaired) electrons. The molecule has 1 heteroatoms. The van der Waals surface area contributed by atoms with Crippen LogP contribution < -0.4 is 0 Å². The monoisotopic (exact) mass is 220 g/mol. The molecule has 1 aromatic carbocycles. The third-order valence-corrected chi connectivity index (χ3v) is 3.99. The Hall–Kier alpha value is -1.37. The van der Waals surface area contributed by atoms with Gasteiger partial charge in [0, 0.05) is 0 Å². The van der Waals surface area contributed by atoms with E-state index in [1.165, 1.54) is 30.4 Å². The summed E-state index contributed by atoms with van der Waals surface area (Å²) in [6, 6.07) is 11.0. The van der Waals surface area contributed by atoms with Gasteiger partial charge in [-0.3, -0.25) is 0 Å². The summed E-state index contributed by atoms with van der Waals surface area (Å²) < 4.78 is 0. The molecule has 1 aliphatic rings. The van der Waals surface area contributed by atoms with Crippen LogP contribution in [0.2, 0.25) is 0 Å². The van der Waals surface area contributed by atoms with Gasteiger partial charge in [0.2, 0.25) is 0 Å². The van der Waals surface area contributed by atoms with E-state index in [4.69, 9.17) is 0 Å². The van der Waals surface area contributed by atoms with Crippen LogP contribution in [-0.4, -0.2) is 6.91 Å². The maximum absolute atomic E-state index is 2.30. The molecule has 0 amide bonds. The minimum atomic E-state index is 0.713. The van der Waals surface area contributed by atoms with Gasteiger partial charge in [0.05, 0.1) is 0 Å². The zero-order valence-corrected chi connectivity index (χ0v) is 10.3. The second kappa shape index (κ2) is 4.48. The summed E-state index contributed by atoms with van der Waals surface area (Å²) in [5, 5.41) is 0. The van der Waals surface area contributed by atoms with Crippen molar-refractivity contribution >= 4 is 6.91 Å². The van der Waals surface area contributed by atoms with E-state index in [-0.39, 0.29) is 0 Å². The van der Waals surface area contributed by atoms with Crippen molar-refractivity contribution in [2.24, 2.45) is 0 Å². The molecule has 1 unspecified atom stereocenters. The Morgan fingerprint density at radius 3 is 2.76 bits per heavy atom. The van der Waals surface area contributed by atoms with Crippen LogP contribution in [0, 0.1) is 6.92 Å². The van der Waals surface area contributed by atoms with Crippen LogP contribution in [-0.2, 0) is 12.8 Å². The van der Waals surface area contributed by atoms with Gasteiger partial charge < -0.3 is 0 Å². The van der Waals surface area contributed by atoms with Gasteiger partial charge in [0.15, 0.2) is 0 Å². The van der Waals surface area contributed by atoms with Crippen molar-refractivity contribution < 1.29 is 0 Å². The Labute approximate surface area is 104 Å². The van der Waals surface area contributed by atoms with Crippen molar-refractivity contribution in [1.29, 1.82) is 0 Å². The van der Waals surface area contributed by atoms with Crippen molar-refractivity contribution in [2.75, 3.05) is 0 Å². The number of benzene rings is 1. The Morgan fingerprint density at radius 2 is 1.94 bits per heavy atom. The topological polar surface area (TPSA) is 0 Å². The van der Waals surface area contributed by atoms with E-state index in [9.17, 15) is 0 Å². The second-order valence-corrected chi connectivity index (χ2v) is 5.06. The van der Waals surface area contributed by atoms with Gasteiger partial charge in [-0.25, -0.2) is 0 Å². The van der Waals surface area contributed by atoms with Gasteiger partial charge in [-0.2, -0.15) is 0 Å². The number of hydrogen-bond acceptors (Lipinski definition) is 0. The molecule has 17 heavy (non-hydrogen) atoms. The molecule has 0 fully saturated rings. The Kier molecular flexibility index (Phi) is 2.84. The van der Waals surface area contributed by atoms with Crippen LogP contribution in [0.15, 0.2) is 42.3 Å². The molecular weight excluding hydrogens is 203 g/mol. The molecule has 0 bridgehead atoms. The van der Waals surface area contributed by atoms with E-state index >= 15 is 0 Å². The van der Waals surface area contributed by atoms with E-state index in [2.05, 4.69) is 56.1 Å². The van der Waals surface area contributed by atoms with Crippen LogP contribution in [0.3, 0.4) is 0 Å². The standard InChI is InChI=1S/C16H17B/c1-12-10-17-11-15-8-7-14(9-16(12)15)13-5-3-2-4-6-13/h2-6,10-11,14H,7-9H2,1H3. The van der Waals surface area contributed by atoms with Gasteiger partial charge in [-0.1, -0.05) is 0 Å². The van der Waals surface area contributed by atoms with E-state index in [0.717, 1.165) is 0 Å². The third-order valence-electron chi connectivity index (χ3n) is 3.99. The molecular formula is C16H17B. The fraction of sp³-hybridized carbons (Fsp3) is 0.312. The van der Waals surface area contributed by atoms with Gasteiger partial charge in [0.25, 0.3) is 0 Å². The van der Waals surface area contributed by atoms with Crippen LogP contribution in [0.1, 0.15) is 34.6 Å². The number of fused-ring (bicyclic) bond motifs is 1. The van der Waals surface area contributed by atoms with E-state index in [1.54, 1.807) is 11.1 Å². The molecule has 2 aromatic rings. The molecule has 0 saturated heterocycles.